The van der Waals surface area contributed by atoms with Crippen molar-refractivity contribution in [1.82, 2.24) is 4.98 Å². The van der Waals surface area contributed by atoms with E-state index in [1.54, 1.807) is 11.3 Å². The Morgan fingerprint density at radius 2 is 1.55 bits per heavy atom. The molecule has 0 saturated carbocycles. The Morgan fingerprint density at radius 1 is 0.818 bits per heavy atom. The number of aryl methyl sites for hydroxylation is 1. The number of nitrogens with zero attached hydrogens (tertiary/aromatic N) is 1. The van der Waals surface area contributed by atoms with Gasteiger partial charge in [-0.3, -0.25) is 0 Å². The SMILES string of the molecule is Cc1ccc(-c2ccc3sc(-c4cc[c]cc4)nc3c2)cc1. The van der Waals surface area contributed by atoms with E-state index >= 15 is 0 Å². The lowest BCUT2D eigenvalue weighted by Gasteiger charge is -2.01. The van der Waals surface area contributed by atoms with E-state index in [1.165, 1.54) is 21.4 Å². The summed E-state index contributed by atoms with van der Waals surface area (Å²) in [5.74, 6) is 0. The van der Waals surface area contributed by atoms with Crippen molar-refractivity contribution in [1.29, 1.82) is 0 Å². The smallest absolute Gasteiger partial charge is 0.124 e. The molecule has 1 heterocycles. The van der Waals surface area contributed by atoms with Gasteiger partial charge in [0.15, 0.2) is 0 Å². The summed E-state index contributed by atoms with van der Waals surface area (Å²) in [7, 11) is 0. The van der Waals surface area contributed by atoms with Crippen molar-refractivity contribution in [3.63, 3.8) is 0 Å². The Labute approximate surface area is 133 Å². The number of thiazole rings is 1. The maximum absolute atomic E-state index is 4.79. The maximum Gasteiger partial charge on any atom is 0.124 e. The van der Waals surface area contributed by atoms with Crippen LogP contribution in [0.1, 0.15) is 5.56 Å². The van der Waals surface area contributed by atoms with E-state index in [-0.39, 0.29) is 0 Å². The Kier molecular flexibility index (Phi) is 3.24. The fourth-order valence-corrected chi connectivity index (χ4v) is 3.46. The van der Waals surface area contributed by atoms with Gasteiger partial charge in [0.05, 0.1) is 10.2 Å². The zero-order valence-corrected chi connectivity index (χ0v) is 13.0. The van der Waals surface area contributed by atoms with Crippen molar-refractivity contribution in [2.75, 3.05) is 0 Å². The molecule has 4 rings (SSSR count). The van der Waals surface area contributed by atoms with E-state index in [4.69, 9.17) is 4.98 Å². The Balaban J connectivity index is 1.80. The molecule has 0 unspecified atom stereocenters. The van der Waals surface area contributed by atoms with Crippen molar-refractivity contribution in [3.8, 4) is 21.7 Å². The van der Waals surface area contributed by atoms with Gasteiger partial charge in [-0.1, -0.05) is 60.2 Å². The second-order valence-corrected chi connectivity index (χ2v) is 6.39. The lowest BCUT2D eigenvalue weighted by atomic mass is 10.0. The van der Waals surface area contributed by atoms with Crippen LogP contribution in [0, 0.1) is 13.0 Å². The molecule has 0 aliphatic heterocycles. The molecular weight excluding hydrogens is 286 g/mol. The van der Waals surface area contributed by atoms with E-state index in [1.807, 2.05) is 12.1 Å². The summed E-state index contributed by atoms with van der Waals surface area (Å²) < 4.78 is 1.22. The van der Waals surface area contributed by atoms with Crippen LogP contribution in [-0.4, -0.2) is 4.98 Å². The third kappa shape index (κ3) is 2.42. The second kappa shape index (κ2) is 5.39. The highest BCUT2D eigenvalue weighted by molar-refractivity contribution is 7.21. The van der Waals surface area contributed by atoms with Crippen LogP contribution < -0.4 is 0 Å². The highest BCUT2D eigenvalue weighted by atomic mass is 32.1. The van der Waals surface area contributed by atoms with Crippen molar-refractivity contribution < 1.29 is 0 Å². The van der Waals surface area contributed by atoms with Gasteiger partial charge in [0.25, 0.3) is 0 Å². The van der Waals surface area contributed by atoms with Gasteiger partial charge >= 0.3 is 0 Å². The monoisotopic (exact) mass is 300 g/mol. The number of benzene rings is 3. The number of hydrogen-bond donors (Lipinski definition) is 0. The van der Waals surface area contributed by atoms with Crippen molar-refractivity contribution in [3.05, 3.63) is 78.4 Å². The highest BCUT2D eigenvalue weighted by Gasteiger charge is 2.07. The summed E-state index contributed by atoms with van der Waals surface area (Å²) in [5, 5.41) is 1.06. The molecule has 2 heteroatoms. The normalized spacial score (nSPS) is 11.0. The summed E-state index contributed by atoms with van der Waals surface area (Å²) in [6.45, 7) is 2.11. The first kappa shape index (κ1) is 13.2. The zero-order valence-electron chi connectivity index (χ0n) is 12.2. The van der Waals surface area contributed by atoms with Crippen LogP contribution in [-0.2, 0) is 0 Å². The molecular formula is C20H14NS. The number of hydrogen-bond acceptors (Lipinski definition) is 2. The molecule has 1 nitrogen and oxygen atoms in total. The van der Waals surface area contributed by atoms with Crippen LogP contribution in [0.3, 0.4) is 0 Å². The second-order valence-electron chi connectivity index (χ2n) is 5.36. The van der Waals surface area contributed by atoms with Gasteiger partial charge in [-0.15, -0.1) is 11.3 Å². The van der Waals surface area contributed by atoms with Crippen LogP contribution >= 0.6 is 11.3 Å². The third-order valence-corrected chi connectivity index (χ3v) is 4.82. The average Bonchev–Trinajstić information content (AvgIpc) is 2.99. The number of rotatable bonds is 2. The largest absolute Gasteiger partial charge is 0.236 e. The first-order valence-electron chi connectivity index (χ1n) is 7.24. The summed E-state index contributed by atoms with van der Waals surface area (Å²) in [6.07, 6.45) is 0. The van der Waals surface area contributed by atoms with E-state index in [0.717, 1.165) is 16.1 Å². The molecule has 0 fully saturated rings. The highest BCUT2D eigenvalue weighted by Crippen LogP contribution is 2.32. The van der Waals surface area contributed by atoms with E-state index < -0.39 is 0 Å². The van der Waals surface area contributed by atoms with E-state index in [2.05, 4.69) is 67.6 Å². The quantitative estimate of drug-likeness (QED) is 0.460. The molecule has 1 radical (unpaired) electrons. The minimum atomic E-state index is 1.06. The Hall–Kier alpha value is -2.45. The summed E-state index contributed by atoms with van der Waals surface area (Å²) in [6, 6.07) is 26.2. The molecule has 105 valence electrons. The van der Waals surface area contributed by atoms with Crippen LogP contribution in [0.15, 0.2) is 66.7 Å². The molecule has 0 bridgehead atoms. The number of fused-ring (bicyclic) bond motifs is 1. The van der Waals surface area contributed by atoms with Gasteiger partial charge in [0, 0.05) is 5.56 Å². The topological polar surface area (TPSA) is 12.9 Å². The number of aromatic nitrogens is 1. The lowest BCUT2D eigenvalue weighted by Crippen LogP contribution is -1.79. The molecule has 4 aromatic rings. The molecule has 0 aliphatic rings. The molecule has 0 amide bonds. The van der Waals surface area contributed by atoms with E-state index in [9.17, 15) is 0 Å². The molecule has 0 N–H and O–H groups in total. The maximum atomic E-state index is 4.79. The molecule has 0 saturated heterocycles. The molecule has 0 atom stereocenters. The van der Waals surface area contributed by atoms with Crippen LogP contribution in [0.25, 0.3) is 31.9 Å². The predicted molar refractivity (Wildman–Crippen MR) is 94.1 cm³/mol. The van der Waals surface area contributed by atoms with Crippen molar-refractivity contribution >= 4 is 21.6 Å². The van der Waals surface area contributed by atoms with Crippen molar-refractivity contribution in [2.45, 2.75) is 6.92 Å². The van der Waals surface area contributed by atoms with Crippen LogP contribution in [0.2, 0.25) is 0 Å². The van der Waals surface area contributed by atoms with Crippen LogP contribution in [0.4, 0.5) is 0 Å². The predicted octanol–water partition coefficient (Wildman–Crippen LogP) is 5.74. The minimum Gasteiger partial charge on any atom is -0.236 e. The average molecular weight is 300 g/mol. The fourth-order valence-electron chi connectivity index (χ4n) is 2.51. The Bertz CT molecular complexity index is 921. The molecule has 0 aliphatic carbocycles. The molecule has 0 spiro atoms. The van der Waals surface area contributed by atoms with Gasteiger partial charge in [0.1, 0.15) is 5.01 Å². The first-order valence-corrected chi connectivity index (χ1v) is 8.05. The standard InChI is InChI=1S/C20H14NS/c1-14-7-9-15(10-8-14)17-11-12-19-18(13-17)21-20(22-19)16-5-3-2-4-6-16/h3-13H,1H3. The van der Waals surface area contributed by atoms with Gasteiger partial charge in [-0.2, -0.15) is 0 Å². The zero-order chi connectivity index (χ0) is 14.9. The van der Waals surface area contributed by atoms with E-state index in [0.29, 0.717) is 0 Å². The third-order valence-electron chi connectivity index (χ3n) is 3.74. The van der Waals surface area contributed by atoms with Crippen molar-refractivity contribution in [2.24, 2.45) is 0 Å². The minimum absolute atomic E-state index is 1.06. The summed E-state index contributed by atoms with van der Waals surface area (Å²) >= 11 is 1.73. The molecule has 1 aromatic heterocycles. The first-order chi connectivity index (χ1) is 10.8. The summed E-state index contributed by atoms with van der Waals surface area (Å²) in [5.41, 5.74) is 5.94. The molecule has 3 aromatic carbocycles. The van der Waals surface area contributed by atoms with Crippen LogP contribution in [0.5, 0.6) is 0 Å². The lowest BCUT2D eigenvalue weighted by molar-refractivity contribution is 1.46. The summed E-state index contributed by atoms with van der Waals surface area (Å²) in [4.78, 5) is 4.79. The fraction of sp³-hybridized carbons (Fsp3) is 0.0500. The molecule has 22 heavy (non-hydrogen) atoms. The van der Waals surface area contributed by atoms with Gasteiger partial charge in [0.2, 0.25) is 0 Å². The van der Waals surface area contributed by atoms with Gasteiger partial charge in [-0.25, -0.2) is 4.98 Å². The van der Waals surface area contributed by atoms with Gasteiger partial charge in [-0.05, 0) is 36.2 Å². The Morgan fingerprint density at radius 3 is 2.32 bits per heavy atom. The van der Waals surface area contributed by atoms with Gasteiger partial charge < -0.3 is 0 Å².